The highest BCUT2D eigenvalue weighted by molar-refractivity contribution is 6.99. The van der Waals surface area contributed by atoms with Crippen LogP contribution >= 0.6 is 0 Å². The van der Waals surface area contributed by atoms with E-state index in [2.05, 4.69) is 81.1 Å². The van der Waals surface area contributed by atoms with Crippen LogP contribution in [-0.4, -0.2) is 72.6 Å². The molecule has 3 rings (SSSR count). The van der Waals surface area contributed by atoms with Gasteiger partial charge in [0.05, 0.1) is 18.8 Å². The topological polar surface area (TPSA) is 73.2 Å². The van der Waals surface area contributed by atoms with Crippen LogP contribution in [-0.2, 0) is 4.43 Å². The van der Waals surface area contributed by atoms with Crippen molar-refractivity contribution >= 4 is 18.7 Å². The number of nitrogens with zero attached hydrogens (tertiary/aromatic N) is 1. The molecule has 3 N–H and O–H groups in total. The van der Waals surface area contributed by atoms with E-state index in [0.29, 0.717) is 13.2 Å². The first-order valence-electron chi connectivity index (χ1n) is 12.8. The maximum Gasteiger partial charge on any atom is 0.261 e. The Morgan fingerprint density at radius 1 is 0.853 bits per heavy atom. The first-order chi connectivity index (χ1) is 16.2. The summed E-state index contributed by atoms with van der Waals surface area (Å²) in [6.07, 6.45) is 1.26. The molecule has 0 bridgehead atoms. The largest absolute Gasteiger partial charge is 0.406 e. The Kier molecular flexibility index (Phi) is 9.49. The van der Waals surface area contributed by atoms with E-state index in [1.807, 2.05) is 12.1 Å². The number of aliphatic hydroxyl groups is 3. The van der Waals surface area contributed by atoms with Gasteiger partial charge in [-0.1, -0.05) is 108 Å². The maximum absolute atomic E-state index is 11.0. The number of hydrogen-bond donors (Lipinski definition) is 3. The van der Waals surface area contributed by atoms with Crippen LogP contribution < -0.4 is 10.4 Å². The van der Waals surface area contributed by atoms with Gasteiger partial charge in [0.25, 0.3) is 8.32 Å². The maximum atomic E-state index is 11.0. The van der Waals surface area contributed by atoms with Crippen molar-refractivity contribution in [3.8, 4) is 0 Å². The Balaban J connectivity index is 1.95. The third-order valence-electron chi connectivity index (χ3n) is 7.22. The quantitative estimate of drug-likeness (QED) is 0.357. The predicted octanol–water partition coefficient (Wildman–Crippen LogP) is 2.91. The monoisotopic (exact) mass is 485 g/mol. The van der Waals surface area contributed by atoms with Crippen LogP contribution in [0.4, 0.5) is 0 Å². The summed E-state index contributed by atoms with van der Waals surface area (Å²) in [5, 5.41) is 34.1. The lowest BCUT2D eigenvalue weighted by atomic mass is 9.94. The van der Waals surface area contributed by atoms with Crippen molar-refractivity contribution in [3.63, 3.8) is 0 Å². The van der Waals surface area contributed by atoms with Crippen molar-refractivity contribution in [3.05, 3.63) is 60.7 Å². The zero-order valence-electron chi connectivity index (χ0n) is 21.2. The molecule has 0 radical (unpaired) electrons. The number of hydrogen-bond acceptors (Lipinski definition) is 5. The molecule has 0 saturated carbocycles. The predicted molar refractivity (Wildman–Crippen MR) is 141 cm³/mol. The van der Waals surface area contributed by atoms with Gasteiger partial charge in [0.15, 0.2) is 0 Å². The Morgan fingerprint density at radius 3 is 1.91 bits per heavy atom. The Morgan fingerprint density at radius 2 is 1.41 bits per heavy atom. The number of unbranched alkanes of at least 4 members (excludes halogenated alkanes) is 3. The van der Waals surface area contributed by atoms with E-state index < -0.39 is 26.6 Å². The lowest BCUT2D eigenvalue weighted by Gasteiger charge is -2.48. The van der Waals surface area contributed by atoms with E-state index in [0.717, 1.165) is 25.8 Å². The molecule has 4 atom stereocenters. The molecule has 1 fully saturated rings. The van der Waals surface area contributed by atoms with Crippen LogP contribution in [0.5, 0.6) is 0 Å². The van der Waals surface area contributed by atoms with Crippen LogP contribution in [0.1, 0.15) is 53.4 Å². The Bertz CT molecular complexity index is 818. The van der Waals surface area contributed by atoms with Gasteiger partial charge in [0.1, 0.15) is 12.2 Å². The molecular weight excluding hydrogens is 442 g/mol. The normalized spacial score (nSPS) is 24.3. The molecule has 0 amide bonds. The smallest absolute Gasteiger partial charge is 0.261 e. The van der Waals surface area contributed by atoms with Gasteiger partial charge in [-0.25, -0.2) is 0 Å². The van der Waals surface area contributed by atoms with Crippen LogP contribution in [0.15, 0.2) is 60.7 Å². The first-order valence-corrected chi connectivity index (χ1v) is 14.7. The molecule has 1 heterocycles. The fourth-order valence-corrected chi connectivity index (χ4v) is 9.91. The molecule has 188 valence electrons. The van der Waals surface area contributed by atoms with Gasteiger partial charge in [-0.2, -0.15) is 0 Å². The van der Waals surface area contributed by atoms with Crippen molar-refractivity contribution in [1.82, 2.24) is 4.90 Å². The number of aliphatic hydroxyl groups excluding tert-OH is 3. The second-order valence-electron chi connectivity index (χ2n) is 10.6. The fraction of sp³-hybridized carbons (Fsp3) is 0.571. The molecule has 1 aliphatic heterocycles. The number of benzene rings is 2. The summed E-state index contributed by atoms with van der Waals surface area (Å²) in [6.45, 7) is 10.3. The van der Waals surface area contributed by atoms with Crippen molar-refractivity contribution in [2.45, 2.75) is 82.8 Å². The lowest BCUT2D eigenvalue weighted by Crippen LogP contribution is -2.69. The fourth-order valence-electron chi connectivity index (χ4n) is 5.33. The molecule has 0 spiro atoms. The summed E-state index contributed by atoms with van der Waals surface area (Å²) in [5.41, 5.74) is 0. The van der Waals surface area contributed by atoms with Crippen LogP contribution in [0.3, 0.4) is 0 Å². The number of piperidine rings is 1. The van der Waals surface area contributed by atoms with E-state index in [4.69, 9.17) is 4.43 Å². The van der Waals surface area contributed by atoms with Crippen molar-refractivity contribution < 1.29 is 19.7 Å². The average molecular weight is 486 g/mol. The summed E-state index contributed by atoms with van der Waals surface area (Å²) < 4.78 is 7.06. The summed E-state index contributed by atoms with van der Waals surface area (Å²) in [7, 11) is -2.76. The first kappa shape index (κ1) is 27.1. The number of likely N-dealkylation sites (tertiary alicyclic amines) is 1. The Labute approximate surface area is 206 Å². The van der Waals surface area contributed by atoms with Gasteiger partial charge in [0, 0.05) is 6.54 Å². The molecule has 34 heavy (non-hydrogen) atoms. The molecule has 6 heteroatoms. The molecule has 0 aliphatic carbocycles. The number of β-amino-alcohol motifs (C(OH)–C–C–N with tert-alkyl or cyclic N) is 1. The van der Waals surface area contributed by atoms with E-state index in [9.17, 15) is 15.3 Å². The van der Waals surface area contributed by atoms with Gasteiger partial charge in [0.2, 0.25) is 0 Å². The van der Waals surface area contributed by atoms with E-state index in [1.54, 1.807) is 0 Å². The van der Waals surface area contributed by atoms with Crippen LogP contribution in [0.2, 0.25) is 5.04 Å². The minimum Gasteiger partial charge on any atom is -0.406 e. The molecule has 1 saturated heterocycles. The van der Waals surface area contributed by atoms with Gasteiger partial charge in [-0.3, -0.25) is 4.90 Å². The minimum atomic E-state index is -2.76. The van der Waals surface area contributed by atoms with E-state index in [-0.39, 0.29) is 11.1 Å². The molecule has 0 aromatic heterocycles. The molecule has 2 aromatic carbocycles. The average Bonchev–Trinajstić information content (AvgIpc) is 2.82. The summed E-state index contributed by atoms with van der Waals surface area (Å²) in [4.78, 5) is 2.12. The second kappa shape index (κ2) is 11.9. The Hall–Kier alpha value is -1.54. The number of rotatable bonds is 10. The second-order valence-corrected chi connectivity index (χ2v) is 15.0. The molecule has 2 aromatic rings. The standard InChI is InChI=1S/C28H43NO4Si/c1-5-6-7-14-19-29-20-25(30)27(32)26(31)24(29)21-33-34(28(2,3)4,22-15-10-8-11-16-22)23-17-12-9-13-18-23/h8-13,15-18,24-27,30-32H,5-7,14,19-21H2,1-4H3/t24?,25-,26+,27+/m0/s1. The third kappa shape index (κ3) is 5.81. The van der Waals surface area contributed by atoms with Gasteiger partial charge in [-0.15, -0.1) is 0 Å². The van der Waals surface area contributed by atoms with E-state index >= 15 is 0 Å². The van der Waals surface area contributed by atoms with Gasteiger partial charge >= 0.3 is 0 Å². The van der Waals surface area contributed by atoms with Crippen molar-refractivity contribution in [2.24, 2.45) is 0 Å². The SMILES string of the molecule is CCCCCCN1C[C@H](O)[C@@H](O)[C@H](O)C1CO[Si](c1ccccc1)(c1ccccc1)C(C)(C)C. The summed E-state index contributed by atoms with van der Waals surface area (Å²) >= 11 is 0. The lowest BCUT2D eigenvalue weighted by molar-refractivity contribution is -0.143. The van der Waals surface area contributed by atoms with E-state index in [1.165, 1.54) is 16.8 Å². The minimum absolute atomic E-state index is 0.167. The summed E-state index contributed by atoms with van der Waals surface area (Å²) in [6, 6.07) is 20.5. The highest BCUT2D eigenvalue weighted by Crippen LogP contribution is 2.37. The third-order valence-corrected chi connectivity index (χ3v) is 12.2. The van der Waals surface area contributed by atoms with Crippen molar-refractivity contribution in [1.29, 1.82) is 0 Å². The highest BCUT2D eigenvalue weighted by atomic mass is 28.4. The molecule has 5 nitrogen and oxygen atoms in total. The zero-order valence-corrected chi connectivity index (χ0v) is 22.2. The highest BCUT2D eigenvalue weighted by Gasteiger charge is 2.51. The summed E-state index contributed by atoms with van der Waals surface area (Å²) in [5.74, 6) is 0. The van der Waals surface area contributed by atoms with Gasteiger partial charge < -0.3 is 19.7 Å². The van der Waals surface area contributed by atoms with Crippen molar-refractivity contribution in [2.75, 3.05) is 19.7 Å². The van der Waals surface area contributed by atoms with Crippen LogP contribution in [0, 0.1) is 0 Å². The molecule has 1 aliphatic rings. The molecular formula is C28H43NO4Si. The van der Waals surface area contributed by atoms with Gasteiger partial charge in [-0.05, 0) is 28.4 Å². The van der Waals surface area contributed by atoms with Crippen LogP contribution in [0.25, 0.3) is 0 Å². The zero-order chi connectivity index (χ0) is 24.8. The molecule has 1 unspecified atom stereocenters.